The van der Waals surface area contributed by atoms with E-state index in [9.17, 15) is 13.6 Å². The molecule has 1 atom stereocenters. The number of carbonyl (C=O) groups is 1. The first-order valence-electron chi connectivity index (χ1n) is 7.65. The number of hydrogen-bond acceptors (Lipinski definition) is 2. The maximum absolute atomic E-state index is 13.3. The van der Waals surface area contributed by atoms with Gasteiger partial charge in [-0.3, -0.25) is 0 Å². The third-order valence-electron chi connectivity index (χ3n) is 3.97. The summed E-state index contributed by atoms with van der Waals surface area (Å²) in [7, 11) is 0. The lowest BCUT2D eigenvalue weighted by Gasteiger charge is -2.19. The molecule has 0 spiro atoms. The van der Waals surface area contributed by atoms with E-state index in [1.807, 2.05) is 4.90 Å². The Morgan fingerprint density at radius 3 is 2.68 bits per heavy atom. The number of urea groups is 1. The summed E-state index contributed by atoms with van der Waals surface area (Å²) in [4.78, 5) is 14.0. The molecular weight excluding hydrogens is 371 g/mol. The second kappa shape index (κ2) is 7.45. The predicted octanol–water partition coefficient (Wildman–Crippen LogP) is 4.67. The van der Waals surface area contributed by atoms with Crippen molar-refractivity contribution in [2.75, 3.05) is 23.3 Å². The molecule has 0 aromatic heterocycles. The summed E-state index contributed by atoms with van der Waals surface area (Å²) in [5.74, 6) is -1.77. The highest BCUT2D eigenvalue weighted by molar-refractivity contribution is 6.35. The zero-order chi connectivity index (χ0) is 18.0. The van der Waals surface area contributed by atoms with E-state index >= 15 is 0 Å². The van der Waals surface area contributed by atoms with Gasteiger partial charge in [0.1, 0.15) is 0 Å². The second-order valence-electron chi connectivity index (χ2n) is 5.75. The van der Waals surface area contributed by atoms with Gasteiger partial charge in [-0.1, -0.05) is 23.2 Å². The Labute approximate surface area is 153 Å². The molecule has 4 nitrogen and oxygen atoms in total. The molecule has 1 aliphatic rings. The molecule has 2 aromatic carbocycles. The van der Waals surface area contributed by atoms with Gasteiger partial charge in [0.05, 0.1) is 10.7 Å². The van der Waals surface area contributed by atoms with Crippen LogP contribution in [-0.4, -0.2) is 25.2 Å². The topological polar surface area (TPSA) is 44.4 Å². The van der Waals surface area contributed by atoms with Crippen LogP contribution in [0.4, 0.5) is 25.0 Å². The van der Waals surface area contributed by atoms with Crippen molar-refractivity contribution in [3.05, 3.63) is 58.1 Å². The number of halogens is 4. The van der Waals surface area contributed by atoms with Crippen LogP contribution in [0.5, 0.6) is 0 Å². The molecule has 1 fully saturated rings. The highest BCUT2D eigenvalue weighted by Crippen LogP contribution is 2.26. The lowest BCUT2D eigenvalue weighted by molar-refractivity contribution is 0.249. The first-order valence-corrected chi connectivity index (χ1v) is 8.40. The van der Waals surface area contributed by atoms with Crippen molar-refractivity contribution in [2.24, 2.45) is 0 Å². The minimum Gasteiger partial charge on any atom is -0.369 e. The standard InChI is InChI=1S/C17H15Cl2F2N3O/c18-10-1-3-13(19)16(7-10)23-17(25)22-11-5-6-24(9-11)12-2-4-14(20)15(21)8-12/h1-4,7-8,11H,5-6,9H2,(H2,22,23,25). The van der Waals surface area contributed by atoms with E-state index in [0.717, 1.165) is 12.1 Å². The smallest absolute Gasteiger partial charge is 0.319 e. The SMILES string of the molecule is O=C(Nc1cc(Cl)ccc1Cl)NC1CCN(c2ccc(F)c(F)c2)C1. The molecule has 2 amide bonds. The van der Waals surface area contributed by atoms with Crippen molar-refractivity contribution in [2.45, 2.75) is 12.5 Å². The number of nitrogens with zero attached hydrogens (tertiary/aromatic N) is 1. The van der Waals surface area contributed by atoms with E-state index in [-0.39, 0.29) is 6.04 Å². The highest BCUT2D eigenvalue weighted by Gasteiger charge is 2.25. The highest BCUT2D eigenvalue weighted by atomic mass is 35.5. The predicted molar refractivity (Wildman–Crippen MR) is 95.6 cm³/mol. The molecule has 1 aliphatic heterocycles. The van der Waals surface area contributed by atoms with Gasteiger partial charge >= 0.3 is 6.03 Å². The minimum absolute atomic E-state index is 0.119. The maximum Gasteiger partial charge on any atom is 0.319 e. The molecule has 0 radical (unpaired) electrons. The Hall–Kier alpha value is -2.05. The largest absolute Gasteiger partial charge is 0.369 e. The molecule has 3 rings (SSSR count). The van der Waals surface area contributed by atoms with Crippen LogP contribution in [-0.2, 0) is 0 Å². The monoisotopic (exact) mass is 385 g/mol. The van der Waals surface area contributed by atoms with Crippen molar-refractivity contribution >= 4 is 40.6 Å². The fraction of sp³-hybridized carbons (Fsp3) is 0.235. The summed E-state index contributed by atoms with van der Waals surface area (Å²) >= 11 is 11.9. The molecule has 0 aliphatic carbocycles. The van der Waals surface area contributed by atoms with Gasteiger partial charge in [-0.2, -0.15) is 0 Å². The van der Waals surface area contributed by atoms with Crippen molar-refractivity contribution in [3.8, 4) is 0 Å². The first kappa shape index (κ1) is 17.8. The Balaban J connectivity index is 1.58. The van der Waals surface area contributed by atoms with E-state index in [0.29, 0.717) is 40.9 Å². The van der Waals surface area contributed by atoms with Crippen LogP contribution in [0.2, 0.25) is 10.0 Å². The summed E-state index contributed by atoms with van der Waals surface area (Å²) in [6, 6.07) is 8.04. The summed E-state index contributed by atoms with van der Waals surface area (Å²) < 4.78 is 26.4. The molecular formula is C17H15Cl2F2N3O. The molecule has 8 heteroatoms. The Kier molecular flexibility index (Phi) is 5.30. The summed E-state index contributed by atoms with van der Waals surface area (Å²) in [6.45, 7) is 1.13. The van der Waals surface area contributed by atoms with Gasteiger partial charge in [-0.25, -0.2) is 13.6 Å². The number of rotatable bonds is 3. The van der Waals surface area contributed by atoms with Crippen LogP contribution in [0.15, 0.2) is 36.4 Å². The molecule has 25 heavy (non-hydrogen) atoms. The van der Waals surface area contributed by atoms with Gasteiger partial charge in [0.15, 0.2) is 11.6 Å². The van der Waals surface area contributed by atoms with Crippen LogP contribution >= 0.6 is 23.2 Å². The molecule has 132 valence electrons. The van der Waals surface area contributed by atoms with Crippen LogP contribution < -0.4 is 15.5 Å². The number of amides is 2. The van der Waals surface area contributed by atoms with E-state index in [1.54, 1.807) is 18.2 Å². The molecule has 1 saturated heterocycles. The zero-order valence-corrected chi connectivity index (χ0v) is 14.5. The van der Waals surface area contributed by atoms with Crippen molar-refractivity contribution < 1.29 is 13.6 Å². The Morgan fingerprint density at radius 2 is 1.92 bits per heavy atom. The lowest BCUT2D eigenvalue weighted by Crippen LogP contribution is -2.39. The van der Waals surface area contributed by atoms with Gasteiger partial charge in [-0.05, 0) is 36.8 Å². The Morgan fingerprint density at radius 1 is 1.12 bits per heavy atom. The van der Waals surface area contributed by atoms with Gasteiger partial charge in [0.25, 0.3) is 0 Å². The molecule has 2 aromatic rings. The third-order valence-corrected chi connectivity index (χ3v) is 4.53. The van der Waals surface area contributed by atoms with Crippen LogP contribution in [0, 0.1) is 11.6 Å². The summed E-state index contributed by atoms with van der Waals surface area (Å²) in [6.07, 6.45) is 0.690. The number of benzene rings is 2. The molecule has 1 heterocycles. The van der Waals surface area contributed by atoms with E-state index in [4.69, 9.17) is 23.2 Å². The van der Waals surface area contributed by atoms with E-state index in [2.05, 4.69) is 10.6 Å². The maximum atomic E-state index is 13.3. The van der Waals surface area contributed by atoms with Crippen molar-refractivity contribution in [3.63, 3.8) is 0 Å². The second-order valence-corrected chi connectivity index (χ2v) is 6.60. The average molecular weight is 386 g/mol. The van der Waals surface area contributed by atoms with Crippen molar-refractivity contribution in [1.82, 2.24) is 5.32 Å². The zero-order valence-electron chi connectivity index (χ0n) is 13.0. The lowest BCUT2D eigenvalue weighted by atomic mass is 10.2. The number of carbonyl (C=O) groups excluding carboxylic acids is 1. The molecule has 0 bridgehead atoms. The summed E-state index contributed by atoms with van der Waals surface area (Å²) in [5.41, 5.74) is 1.00. The first-order chi connectivity index (χ1) is 11.9. The normalized spacial score (nSPS) is 16.8. The number of hydrogen-bond donors (Lipinski definition) is 2. The van der Waals surface area contributed by atoms with Gasteiger partial charge in [0.2, 0.25) is 0 Å². The number of anilines is 2. The summed E-state index contributed by atoms with van der Waals surface area (Å²) in [5, 5.41) is 6.34. The van der Waals surface area contributed by atoms with Gasteiger partial charge in [-0.15, -0.1) is 0 Å². The molecule has 1 unspecified atom stereocenters. The van der Waals surface area contributed by atoms with Crippen LogP contribution in [0.25, 0.3) is 0 Å². The fourth-order valence-electron chi connectivity index (χ4n) is 2.73. The molecule has 0 saturated carbocycles. The van der Waals surface area contributed by atoms with E-state index < -0.39 is 17.7 Å². The quantitative estimate of drug-likeness (QED) is 0.805. The minimum atomic E-state index is -0.887. The van der Waals surface area contributed by atoms with Gasteiger partial charge < -0.3 is 15.5 Å². The van der Waals surface area contributed by atoms with Crippen molar-refractivity contribution in [1.29, 1.82) is 0 Å². The van der Waals surface area contributed by atoms with Crippen LogP contribution in [0.1, 0.15) is 6.42 Å². The fourth-order valence-corrected chi connectivity index (χ4v) is 3.07. The van der Waals surface area contributed by atoms with Gasteiger partial charge in [0, 0.05) is 35.9 Å². The average Bonchev–Trinajstić information content (AvgIpc) is 3.02. The third kappa shape index (κ3) is 4.32. The Bertz CT molecular complexity index is 803. The van der Waals surface area contributed by atoms with E-state index in [1.165, 1.54) is 6.07 Å². The molecule has 2 N–H and O–H groups in total. The number of nitrogens with one attached hydrogen (secondary N) is 2. The van der Waals surface area contributed by atoms with Crippen LogP contribution in [0.3, 0.4) is 0 Å².